The SMILES string of the molecule is CNC(CSC1CCCCC1)c1c(F)ccc(Br)c1F. The van der Waals surface area contributed by atoms with Crippen molar-refractivity contribution in [3.8, 4) is 0 Å². The molecule has 1 nitrogen and oxygen atoms in total. The topological polar surface area (TPSA) is 12.0 Å². The van der Waals surface area contributed by atoms with Gasteiger partial charge >= 0.3 is 0 Å². The number of benzene rings is 1. The standard InChI is InChI=1S/C15H20BrF2NS/c1-19-13(9-20-10-5-3-2-4-6-10)14-12(17)8-7-11(16)15(14)18/h7-8,10,13,19H,2-6,9H2,1H3. The number of hydrogen-bond donors (Lipinski definition) is 1. The largest absolute Gasteiger partial charge is 0.312 e. The van der Waals surface area contributed by atoms with Crippen LogP contribution in [0.5, 0.6) is 0 Å². The Kier molecular flexibility index (Phi) is 6.30. The van der Waals surface area contributed by atoms with Gasteiger partial charge in [0.05, 0.1) is 4.47 Å². The van der Waals surface area contributed by atoms with Crippen molar-refractivity contribution in [1.82, 2.24) is 5.32 Å². The van der Waals surface area contributed by atoms with Gasteiger partial charge in [0.2, 0.25) is 0 Å². The van der Waals surface area contributed by atoms with E-state index in [1.807, 2.05) is 11.8 Å². The molecule has 112 valence electrons. The zero-order chi connectivity index (χ0) is 14.5. The van der Waals surface area contributed by atoms with E-state index in [1.54, 1.807) is 7.05 Å². The van der Waals surface area contributed by atoms with Crippen molar-refractivity contribution in [3.05, 3.63) is 33.8 Å². The molecule has 1 saturated carbocycles. The van der Waals surface area contributed by atoms with E-state index >= 15 is 0 Å². The van der Waals surface area contributed by atoms with E-state index in [0.29, 0.717) is 15.5 Å². The molecule has 1 aliphatic rings. The Bertz CT molecular complexity index is 450. The first-order chi connectivity index (χ1) is 9.63. The lowest BCUT2D eigenvalue weighted by Crippen LogP contribution is -2.23. The van der Waals surface area contributed by atoms with Gasteiger partial charge in [-0.2, -0.15) is 11.8 Å². The highest BCUT2D eigenvalue weighted by molar-refractivity contribution is 9.10. The Morgan fingerprint density at radius 1 is 1.30 bits per heavy atom. The lowest BCUT2D eigenvalue weighted by atomic mass is 10.0. The van der Waals surface area contributed by atoms with Gasteiger partial charge in [0.25, 0.3) is 0 Å². The quantitative estimate of drug-likeness (QED) is 0.734. The van der Waals surface area contributed by atoms with Crippen LogP contribution < -0.4 is 5.32 Å². The second-order valence-electron chi connectivity index (χ2n) is 5.19. The number of halogens is 3. The van der Waals surface area contributed by atoms with Crippen molar-refractivity contribution in [2.45, 2.75) is 43.4 Å². The summed E-state index contributed by atoms with van der Waals surface area (Å²) in [6, 6.07) is 2.44. The average molecular weight is 364 g/mol. The Labute approximate surface area is 132 Å². The van der Waals surface area contributed by atoms with Crippen LogP contribution in [0.3, 0.4) is 0 Å². The van der Waals surface area contributed by atoms with E-state index in [-0.39, 0.29) is 11.6 Å². The Balaban J connectivity index is 2.06. The van der Waals surface area contributed by atoms with E-state index in [2.05, 4.69) is 21.2 Å². The van der Waals surface area contributed by atoms with Crippen LogP contribution in [-0.4, -0.2) is 18.1 Å². The smallest absolute Gasteiger partial charge is 0.145 e. The van der Waals surface area contributed by atoms with Crippen LogP contribution in [0, 0.1) is 11.6 Å². The van der Waals surface area contributed by atoms with Gasteiger partial charge in [0.15, 0.2) is 0 Å². The van der Waals surface area contributed by atoms with Crippen molar-refractivity contribution in [2.24, 2.45) is 0 Å². The van der Waals surface area contributed by atoms with E-state index in [1.165, 1.54) is 44.2 Å². The number of rotatable bonds is 5. The maximum absolute atomic E-state index is 14.1. The average Bonchev–Trinajstić information content (AvgIpc) is 2.47. The first-order valence-electron chi connectivity index (χ1n) is 7.05. The molecule has 0 aromatic heterocycles. The molecule has 20 heavy (non-hydrogen) atoms. The van der Waals surface area contributed by atoms with Gasteiger partial charge in [0.1, 0.15) is 11.6 Å². The molecule has 0 aliphatic heterocycles. The highest BCUT2D eigenvalue weighted by atomic mass is 79.9. The normalized spacial score (nSPS) is 18.2. The van der Waals surface area contributed by atoms with Gasteiger partial charge in [-0.1, -0.05) is 19.3 Å². The molecule has 1 aromatic rings. The molecule has 1 aromatic carbocycles. The van der Waals surface area contributed by atoms with E-state index in [4.69, 9.17) is 0 Å². The minimum atomic E-state index is -0.492. The molecular weight excluding hydrogens is 344 g/mol. The van der Waals surface area contributed by atoms with Crippen molar-refractivity contribution in [2.75, 3.05) is 12.8 Å². The predicted octanol–water partition coefficient (Wildman–Crippen LogP) is 5.05. The third kappa shape index (κ3) is 3.95. The van der Waals surface area contributed by atoms with Crippen molar-refractivity contribution >= 4 is 27.7 Å². The summed E-state index contributed by atoms with van der Waals surface area (Å²) >= 11 is 4.97. The molecule has 1 atom stereocenters. The van der Waals surface area contributed by atoms with Crippen LogP contribution in [0.15, 0.2) is 16.6 Å². The minimum absolute atomic E-state index is 0.144. The molecule has 1 unspecified atom stereocenters. The molecule has 2 rings (SSSR count). The number of hydrogen-bond acceptors (Lipinski definition) is 2. The summed E-state index contributed by atoms with van der Waals surface area (Å²) in [5.74, 6) is -0.270. The van der Waals surface area contributed by atoms with Gasteiger partial charge in [-0.15, -0.1) is 0 Å². The van der Waals surface area contributed by atoms with Gasteiger partial charge < -0.3 is 5.32 Å². The van der Waals surface area contributed by atoms with Crippen LogP contribution >= 0.6 is 27.7 Å². The van der Waals surface area contributed by atoms with Crippen LogP contribution in [0.2, 0.25) is 0 Å². The fraction of sp³-hybridized carbons (Fsp3) is 0.600. The van der Waals surface area contributed by atoms with Gasteiger partial charge in [-0.25, -0.2) is 8.78 Å². The molecular formula is C15H20BrF2NS. The zero-order valence-electron chi connectivity index (χ0n) is 11.6. The molecule has 0 heterocycles. The summed E-state index contributed by atoms with van der Waals surface area (Å²) in [5.41, 5.74) is 0.144. The van der Waals surface area contributed by atoms with Crippen molar-refractivity contribution in [3.63, 3.8) is 0 Å². The van der Waals surface area contributed by atoms with Crippen LogP contribution in [0.1, 0.15) is 43.7 Å². The molecule has 1 fully saturated rings. The van der Waals surface area contributed by atoms with Crippen molar-refractivity contribution in [1.29, 1.82) is 0 Å². The molecule has 0 saturated heterocycles. The zero-order valence-corrected chi connectivity index (χ0v) is 14.0. The first-order valence-corrected chi connectivity index (χ1v) is 8.90. The maximum atomic E-state index is 14.1. The number of nitrogens with one attached hydrogen (secondary N) is 1. The van der Waals surface area contributed by atoms with E-state index in [9.17, 15) is 8.78 Å². The fourth-order valence-corrected chi connectivity index (χ4v) is 4.45. The summed E-state index contributed by atoms with van der Waals surface area (Å²) in [7, 11) is 1.76. The third-order valence-electron chi connectivity index (χ3n) is 3.83. The maximum Gasteiger partial charge on any atom is 0.145 e. The molecule has 1 aliphatic carbocycles. The van der Waals surface area contributed by atoms with Crippen LogP contribution in [0.4, 0.5) is 8.78 Å². The van der Waals surface area contributed by atoms with Crippen LogP contribution in [-0.2, 0) is 0 Å². The first kappa shape index (κ1) is 16.2. The summed E-state index contributed by atoms with van der Waals surface area (Å²) in [5, 5.41) is 3.68. The summed E-state index contributed by atoms with van der Waals surface area (Å²) in [6.45, 7) is 0. The van der Waals surface area contributed by atoms with E-state index in [0.717, 1.165) is 0 Å². The fourth-order valence-electron chi connectivity index (χ4n) is 2.64. The summed E-state index contributed by atoms with van der Waals surface area (Å²) in [4.78, 5) is 0. The monoisotopic (exact) mass is 363 g/mol. The molecule has 0 spiro atoms. The van der Waals surface area contributed by atoms with Crippen LogP contribution in [0.25, 0.3) is 0 Å². The highest BCUT2D eigenvalue weighted by Gasteiger charge is 2.23. The lowest BCUT2D eigenvalue weighted by Gasteiger charge is -2.24. The molecule has 1 N–H and O–H groups in total. The lowest BCUT2D eigenvalue weighted by molar-refractivity contribution is 0.503. The molecule has 0 bridgehead atoms. The van der Waals surface area contributed by atoms with E-state index < -0.39 is 11.6 Å². The minimum Gasteiger partial charge on any atom is -0.312 e. The third-order valence-corrected chi connectivity index (χ3v) is 5.91. The summed E-state index contributed by atoms with van der Waals surface area (Å²) in [6.07, 6.45) is 6.33. The second-order valence-corrected chi connectivity index (χ2v) is 7.38. The molecule has 0 amide bonds. The Hall–Kier alpha value is -0.130. The van der Waals surface area contributed by atoms with Crippen molar-refractivity contribution < 1.29 is 8.78 Å². The molecule has 0 radical (unpaired) electrons. The highest BCUT2D eigenvalue weighted by Crippen LogP contribution is 2.33. The predicted molar refractivity (Wildman–Crippen MR) is 85.2 cm³/mol. The summed E-state index contributed by atoms with van der Waals surface area (Å²) < 4.78 is 28.4. The number of thioether (sulfide) groups is 1. The second kappa shape index (κ2) is 7.76. The van der Waals surface area contributed by atoms with Gasteiger partial charge in [-0.3, -0.25) is 0 Å². The Morgan fingerprint density at radius 3 is 2.65 bits per heavy atom. The molecule has 5 heteroatoms. The Morgan fingerprint density at radius 2 is 2.00 bits per heavy atom. The van der Waals surface area contributed by atoms with Gasteiger partial charge in [0, 0.05) is 22.6 Å². The van der Waals surface area contributed by atoms with Gasteiger partial charge in [-0.05, 0) is 48.0 Å².